The van der Waals surface area contributed by atoms with Crippen molar-refractivity contribution in [1.82, 2.24) is 15.2 Å². The first kappa shape index (κ1) is 17.5. The van der Waals surface area contributed by atoms with Gasteiger partial charge in [-0.25, -0.2) is 0 Å². The number of rotatable bonds is 3. The Hall–Kier alpha value is -0.520. The molecular formula is C14H23BrClN3O. The van der Waals surface area contributed by atoms with Crippen LogP contribution in [0.2, 0.25) is 0 Å². The Morgan fingerprint density at radius 2 is 2.25 bits per heavy atom. The fraction of sp³-hybridized carbons (Fsp3) is 0.643. The molecule has 2 heterocycles. The average molecular weight is 365 g/mol. The first-order valence-corrected chi connectivity index (χ1v) is 7.68. The summed E-state index contributed by atoms with van der Waals surface area (Å²) in [6, 6.07) is 2.92. The van der Waals surface area contributed by atoms with Gasteiger partial charge in [0.05, 0.1) is 0 Å². The second-order valence-corrected chi connectivity index (χ2v) is 6.51. The van der Waals surface area contributed by atoms with Crippen molar-refractivity contribution in [3.8, 4) is 0 Å². The van der Waals surface area contributed by atoms with Gasteiger partial charge in [0.15, 0.2) is 0 Å². The summed E-state index contributed by atoms with van der Waals surface area (Å²) in [4.78, 5) is 12.4. The average Bonchev–Trinajstić information content (AvgIpc) is 2.71. The van der Waals surface area contributed by atoms with E-state index in [0.717, 1.165) is 29.6 Å². The maximum absolute atomic E-state index is 12.4. The molecule has 1 aromatic rings. The molecule has 0 aromatic carbocycles. The van der Waals surface area contributed by atoms with Crippen LogP contribution >= 0.6 is 28.3 Å². The van der Waals surface area contributed by atoms with Crippen molar-refractivity contribution < 1.29 is 4.79 Å². The number of piperidine rings is 1. The van der Waals surface area contributed by atoms with Gasteiger partial charge in [0.2, 0.25) is 0 Å². The lowest BCUT2D eigenvalue weighted by Crippen LogP contribution is -2.46. The monoisotopic (exact) mass is 363 g/mol. The summed E-state index contributed by atoms with van der Waals surface area (Å²) in [6.45, 7) is 7.29. The molecule has 6 heteroatoms. The van der Waals surface area contributed by atoms with Crippen LogP contribution in [-0.4, -0.2) is 29.1 Å². The second-order valence-electron chi connectivity index (χ2n) is 5.59. The molecule has 1 aromatic heterocycles. The smallest absolute Gasteiger partial charge is 0.268 e. The lowest BCUT2D eigenvalue weighted by molar-refractivity contribution is 0.0914. The molecule has 1 saturated heterocycles. The summed E-state index contributed by atoms with van der Waals surface area (Å²) in [7, 11) is 0. The highest BCUT2D eigenvalue weighted by atomic mass is 79.9. The van der Waals surface area contributed by atoms with Gasteiger partial charge in [-0.3, -0.25) is 4.79 Å². The number of halogens is 2. The molecule has 1 aliphatic rings. The van der Waals surface area contributed by atoms with E-state index in [2.05, 4.69) is 47.3 Å². The molecule has 2 N–H and O–H groups in total. The van der Waals surface area contributed by atoms with Crippen molar-refractivity contribution in [2.45, 2.75) is 51.7 Å². The quantitative estimate of drug-likeness (QED) is 0.865. The fourth-order valence-corrected chi connectivity index (χ4v) is 3.01. The Balaban J connectivity index is 0.00000200. The summed E-state index contributed by atoms with van der Waals surface area (Å²) >= 11 is 3.44. The van der Waals surface area contributed by atoms with Crippen molar-refractivity contribution in [1.29, 1.82) is 0 Å². The van der Waals surface area contributed by atoms with Crippen LogP contribution in [0.4, 0.5) is 0 Å². The van der Waals surface area contributed by atoms with E-state index in [4.69, 9.17) is 0 Å². The molecule has 114 valence electrons. The Bertz CT molecular complexity index is 461. The SMILES string of the molecule is CC1CC(NC(=O)c2cc(Br)cn2C(C)C)CCN1.Cl. The lowest BCUT2D eigenvalue weighted by Gasteiger charge is -2.28. The van der Waals surface area contributed by atoms with Gasteiger partial charge in [-0.15, -0.1) is 12.4 Å². The molecule has 1 fully saturated rings. The molecule has 0 aliphatic carbocycles. The molecule has 0 bridgehead atoms. The summed E-state index contributed by atoms with van der Waals surface area (Å²) in [5, 5.41) is 6.55. The number of nitrogens with zero attached hydrogens (tertiary/aromatic N) is 1. The third-order valence-electron chi connectivity index (χ3n) is 3.56. The zero-order valence-electron chi connectivity index (χ0n) is 12.1. The van der Waals surface area contributed by atoms with E-state index in [1.165, 1.54) is 0 Å². The van der Waals surface area contributed by atoms with Gasteiger partial charge >= 0.3 is 0 Å². The Morgan fingerprint density at radius 3 is 2.85 bits per heavy atom. The van der Waals surface area contributed by atoms with Gasteiger partial charge in [-0.05, 0) is 62.2 Å². The third kappa shape index (κ3) is 4.24. The van der Waals surface area contributed by atoms with Gasteiger partial charge in [-0.2, -0.15) is 0 Å². The van der Waals surface area contributed by atoms with E-state index in [1.807, 2.05) is 16.8 Å². The molecule has 4 nitrogen and oxygen atoms in total. The molecule has 2 atom stereocenters. The van der Waals surface area contributed by atoms with Gasteiger partial charge in [-0.1, -0.05) is 0 Å². The van der Waals surface area contributed by atoms with E-state index >= 15 is 0 Å². The number of hydrogen-bond donors (Lipinski definition) is 2. The topological polar surface area (TPSA) is 46.1 Å². The molecule has 0 saturated carbocycles. The fourth-order valence-electron chi connectivity index (χ4n) is 2.58. The number of nitrogens with one attached hydrogen (secondary N) is 2. The molecule has 0 radical (unpaired) electrons. The predicted molar refractivity (Wildman–Crippen MR) is 87.7 cm³/mol. The van der Waals surface area contributed by atoms with Gasteiger partial charge < -0.3 is 15.2 Å². The zero-order chi connectivity index (χ0) is 14.0. The number of hydrogen-bond acceptors (Lipinski definition) is 2. The van der Waals surface area contributed by atoms with Crippen LogP contribution in [-0.2, 0) is 0 Å². The summed E-state index contributed by atoms with van der Waals surface area (Å²) in [5.74, 6) is 0.0264. The molecule has 20 heavy (non-hydrogen) atoms. The van der Waals surface area contributed by atoms with E-state index < -0.39 is 0 Å². The van der Waals surface area contributed by atoms with Crippen molar-refractivity contribution in [2.75, 3.05) is 6.54 Å². The van der Waals surface area contributed by atoms with Crippen LogP contribution in [0.3, 0.4) is 0 Å². The van der Waals surface area contributed by atoms with Crippen molar-refractivity contribution >= 4 is 34.2 Å². The Kier molecular flexibility index (Phi) is 6.55. The van der Waals surface area contributed by atoms with Crippen LogP contribution < -0.4 is 10.6 Å². The van der Waals surface area contributed by atoms with E-state index in [1.54, 1.807) is 0 Å². The van der Waals surface area contributed by atoms with Crippen LogP contribution in [0.5, 0.6) is 0 Å². The van der Waals surface area contributed by atoms with Gasteiger partial charge in [0, 0.05) is 28.8 Å². The lowest BCUT2D eigenvalue weighted by atomic mass is 10.0. The number of carbonyl (C=O) groups is 1. The molecule has 0 spiro atoms. The highest BCUT2D eigenvalue weighted by Gasteiger charge is 2.22. The molecule has 2 rings (SSSR count). The van der Waals surface area contributed by atoms with E-state index in [9.17, 15) is 4.79 Å². The number of amides is 1. The van der Waals surface area contributed by atoms with Gasteiger partial charge in [0.1, 0.15) is 5.69 Å². The Labute approximate surface area is 135 Å². The molecule has 1 aliphatic heterocycles. The third-order valence-corrected chi connectivity index (χ3v) is 4.00. The standard InChI is InChI=1S/C14H22BrN3O.ClH/c1-9(2)18-8-11(15)7-13(18)14(19)17-12-4-5-16-10(3)6-12;/h7-10,12,16H,4-6H2,1-3H3,(H,17,19);1H. The highest BCUT2D eigenvalue weighted by molar-refractivity contribution is 9.10. The van der Waals surface area contributed by atoms with Crippen molar-refractivity contribution in [3.05, 3.63) is 22.4 Å². The summed E-state index contributed by atoms with van der Waals surface area (Å²) in [5.41, 5.74) is 0.730. The number of carbonyl (C=O) groups excluding carboxylic acids is 1. The van der Waals surface area contributed by atoms with Crippen LogP contribution in [0.25, 0.3) is 0 Å². The van der Waals surface area contributed by atoms with E-state index in [-0.39, 0.29) is 30.4 Å². The van der Waals surface area contributed by atoms with Gasteiger partial charge in [0.25, 0.3) is 5.91 Å². The minimum absolute atomic E-state index is 0. The Morgan fingerprint density at radius 1 is 1.55 bits per heavy atom. The molecule has 1 amide bonds. The first-order chi connectivity index (χ1) is 8.97. The zero-order valence-corrected chi connectivity index (χ0v) is 14.6. The summed E-state index contributed by atoms with van der Waals surface area (Å²) < 4.78 is 2.95. The maximum atomic E-state index is 12.4. The largest absolute Gasteiger partial charge is 0.348 e. The predicted octanol–water partition coefficient (Wildman–Crippen LogP) is 3.12. The minimum Gasteiger partial charge on any atom is -0.348 e. The van der Waals surface area contributed by atoms with Crippen molar-refractivity contribution in [2.24, 2.45) is 0 Å². The normalized spacial score (nSPS) is 22.4. The highest BCUT2D eigenvalue weighted by Crippen LogP contribution is 2.20. The second kappa shape index (κ2) is 7.48. The van der Waals surface area contributed by atoms with Crippen LogP contribution in [0.1, 0.15) is 50.1 Å². The summed E-state index contributed by atoms with van der Waals surface area (Å²) in [6.07, 6.45) is 3.96. The minimum atomic E-state index is 0. The van der Waals surface area contributed by atoms with E-state index in [0.29, 0.717) is 6.04 Å². The van der Waals surface area contributed by atoms with Crippen LogP contribution in [0.15, 0.2) is 16.7 Å². The van der Waals surface area contributed by atoms with Crippen LogP contribution in [0, 0.1) is 0 Å². The molecule has 2 unspecified atom stereocenters. The molecular weight excluding hydrogens is 342 g/mol. The van der Waals surface area contributed by atoms with Crippen molar-refractivity contribution in [3.63, 3.8) is 0 Å². The number of aromatic nitrogens is 1. The maximum Gasteiger partial charge on any atom is 0.268 e. The first-order valence-electron chi connectivity index (χ1n) is 6.89.